The monoisotopic (exact) mass is 520 g/mol. The average molecular weight is 521 g/mol. The standard InChI is InChI=1S/C27H28N4O3S2/c1-19(2)21-11-13-22(14-12-21)28-26(32)17-35-27-30-29-25(31(27)23-7-5-4-6-8-23)18-36(33,34)24-15-9-20(3)10-16-24/h4-16,19H,17-18H2,1-3H3,(H,28,32). The third-order valence-electron chi connectivity index (χ3n) is 5.61. The van der Waals surface area contributed by atoms with Gasteiger partial charge in [0.25, 0.3) is 0 Å². The van der Waals surface area contributed by atoms with E-state index in [1.54, 1.807) is 28.8 Å². The van der Waals surface area contributed by atoms with Crippen molar-refractivity contribution in [1.29, 1.82) is 0 Å². The Morgan fingerprint density at radius 2 is 1.61 bits per heavy atom. The van der Waals surface area contributed by atoms with E-state index in [0.717, 1.165) is 16.9 Å². The van der Waals surface area contributed by atoms with E-state index in [9.17, 15) is 13.2 Å². The number of aromatic nitrogens is 3. The minimum Gasteiger partial charge on any atom is -0.325 e. The first kappa shape index (κ1) is 25.7. The maximum Gasteiger partial charge on any atom is 0.234 e. The largest absolute Gasteiger partial charge is 0.325 e. The van der Waals surface area contributed by atoms with Gasteiger partial charge in [0.1, 0.15) is 5.75 Å². The van der Waals surface area contributed by atoms with Gasteiger partial charge in [-0.3, -0.25) is 9.36 Å². The molecule has 9 heteroatoms. The van der Waals surface area contributed by atoms with Gasteiger partial charge in [0.05, 0.1) is 10.6 Å². The van der Waals surface area contributed by atoms with Crippen LogP contribution in [0.15, 0.2) is 88.9 Å². The number of rotatable bonds is 9. The zero-order chi connectivity index (χ0) is 25.7. The van der Waals surface area contributed by atoms with Gasteiger partial charge in [0, 0.05) is 11.4 Å². The number of aryl methyl sites for hydroxylation is 1. The van der Waals surface area contributed by atoms with Crippen molar-refractivity contribution in [2.45, 2.75) is 42.5 Å². The number of sulfone groups is 1. The van der Waals surface area contributed by atoms with E-state index < -0.39 is 9.84 Å². The molecule has 0 aliphatic carbocycles. The van der Waals surface area contributed by atoms with Crippen molar-refractivity contribution in [3.8, 4) is 5.69 Å². The van der Waals surface area contributed by atoms with Crippen LogP contribution in [0.4, 0.5) is 5.69 Å². The number of nitrogens with zero attached hydrogens (tertiary/aromatic N) is 3. The van der Waals surface area contributed by atoms with Gasteiger partial charge in [0.15, 0.2) is 20.8 Å². The summed E-state index contributed by atoms with van der Waals surface area (Å²) in [6, 6.07) is 23.8. The molecule has 0 bridgehead atoms. The van der Waals surface area contributed by atoms with E-state index in [-0.39, 0.29) is 28.1 Å². The molecule has 0 atom stereocenters. The number of carbonyl (C=O) groups is 1. The summed E-state index contributed by atoms with van der Waals surface area (Å²) in [6.45, 7) is 6.14. The number of hydrogen-bond acceptors (Lipinski definition) is 6. The Kier molecular flexibility index (Phi) is 7.91. The van der Waals surface area contributed by atoms with Gasteiger partial charge in [-0.25, -0.2) is 8.42 Å². The van der Waals surface area contributed by atoms with Gasteiger partial charge in [-0.1, -0.05) is 73.6 Å². The molecule has 1 heterocycles. The van der Waals surface area contributed by atoms with E-state index in [1.807, 2.05) is 61.5 Å². The Hall–Kier alpha value is -3.43. The Bertz CT molecular complexity index is 1430. The third-order valence-corrected chi connectivity index (χ3v) is 8.17. The molecule has 1 amide bonds. The molecule has 1 N–H and O–H groups in total. The number of amides is 1. The van der Waals surface area contributed by atoms with Crippen molar-refractivity contribution < 1.29 is 13.2 Å². The van der Waals surface area contributed by atoms with Crippen LogP contribution in [0.2, 0.25) is 0 Å². The number of hydrogen-bond donors (Lipinski definition) is 1. The Morgan fingerprint density at radius 1 is 0.944 bits per heavy atom. The molecular formula is C27H28N4O3S2. The molecule has 3 aromatic carbocycles. The van der Waals surface area contributed by atoms with Crippen LogP contribution in [-0.2, 0) is 20.4 Å². The van der Waals surface area contributed by atoms with Gasteiger partial charge in [-0.2, -0.15) is 0 Å². The van der Waals surface area contributed by atoms with E-state index in [1.165, 1.54) is 17.3 Å². The van der Waals surface area contributed by atoms with Crippen molar-refractivity contribution in [2.24, 2.45) is 0 Å². The molecule has 7 nitrogen and oxygen atoms in total. The lowest BCUT2D eigenvalue weighted by atomic mass is 10.0. The van der Waals surface area contributed by atoms with Crippen molar-refractivity contribution >= 4 is 33.2 Å². The molecule has 0 aliphatic heterocycles. The zero-order valence-corrected chi connectivity index (χ0v) is 22.0. The molecule has 0 fully saturated rings. The molecule has 1 aromatic heterocycles. The molecule has 0 saturated carbocycles. The topological polar surface area (TPSA) is 94.0 Å². The summed E-state index contributed by atoms with van der Waals surface area (Å²) < 4.78 is 27.9. The summed E-state index contributed by atoms with van der Waals surface area (Å²) in [7, 11) is -3.64. The molecule has 4 aromatic rings. The smallest absolute Gasteiger partial charge is 0.234 e. The summed E-state index contributed by atoms with van der Waals surface area (Å²) in [4.78, 5) is 12.8. The molecule has 0 unspecified atom stereocenters. The lowest BCUT2D eigenvalue weighted by molar-refractivity contribution is -0.113. The molecular weight excluding hydrogens is 492 g/mol. The van der Waals surface area contributed by atoms with Crippen molar-refractivity contribution in [3.63, 3.8) is 0 Å². The van der Waals surface area contributed by atoms with Crippen LogP contribution >= 0.6 is 11.8 Å². The second kappa shape index (κ2) is 11.1. The predicted molar refractivity (Wildman–Crippen MR) is 143 cm³/mol. The number of nitrogens with one attached hydrogen (secondary N) is 1. The molecule has 0 saturated heterocycles. The fourth-order valence-electron chi connectivity index (χ4n) is 3.60. The SMILES string of the molecule is Cc1ccc(S(=O)(=O)Cc2nnc(SCC(=O)Nc3ccc(C(C)C)cc3)n2-c2ccccc2)cc1. The van der Waals surface area contributed by atoms with Crippen LogP contribution in [0.25, 0.3) is 5.69 Å². The first-order valence-electron chi connectivity index (χ1n) is 11.5. The van der Waals surface area contributed by atoms with Crippen molar-refractivity contribution in [3.05, 3.63) is 95.8 Å². The predicted octanol–water partition coefficient (Wildman–Crippen LogP) is 5.40. The second-order valence-corrected chi connectivity index (χ2v) is 11.7. The molecule has 0 radical (unpaired) electrons. The first-order valence-corrected chi connectivity index (χ1v) is 14.2. The van der Waals surface area contributed by atoms with Crippen LogP contribution < -0.4 is 5.32 Å². The van der Waals surface area contributed by atoms with Crippen molar-refractivity contribution in [2.75, 3.05) is 11.1 Å². The molecule has 186 valence electrons. The van der Waals surface area contributed by atoms with Gasteiger partial charge < -0.3 is 5.32 Å². The zero-order valence-electron chi connectivity index (χ0n) is 20.4. The van der Waals surface area contributed by atoms with Crippen LogP contribution in [0.5, 0.6) is 0 Å². The fourth-order valence-corrected chi connectivity index (χ4v) is 5.62. The first-order chi connectivity index (χ1) is 17.2. The molecule has 36 heavy (non-hydrogen) atoms. The summed E-state index contributed by atoms with van der Waals surface area (Å²) in [5.41, 5.74) is 3.63. The highest BCUT2D eigenvalue weighted by molar-refractivity contribution is 7.99. The number of carbonyl (C=O) groups excluding carboxylic acids is 1. The summed E-state index contributed by atoms with van der Waals surface area (Å²) in [5, 5.41) is 11.8. The van der Waals surface area contributed by atoms with Crippen LogP contribution in [-0.4, -0.2) is 34.8 Å². The highest BCUT2D eigenvalue weighted by Gasteiger charge is 2.23. The second-order valence-electron chi connectivity index (χ2n) is 8.76. The van der Waals surface area contributed by atoms with Crippen LogP contribution in [0, 0.1) is 6.92 Å². The average Bonchev–Trinajstić information content (AvgIpc) is 3.25. The number of para-hydroxylation sites is 1. The third kappa shape index (κ3) is 6.22. The van der Waals surface area contributed by atoms with E-state index in [2.05, 4.69) is 29.4 Å². The summed E-state index contributed by atoms with van der Waals surface area (Å²) in [6.07, 6.45) is 0. The highest BCUT2D eigenvalue weighted by atomic mass is 32.2. The Labute approximate surface area is 215 Å². The lowest BCUT2D eigenvalue weighted by Crippen LogP contribution is -2.15. The number of thioether (sulfide) groups is 1. The van der Waals surface area contributed by atoms with E-state index in [0.29, 0.717) is 11.1 Å². The van der Waals surface area contributed by atoms with Crippen LogP contribution in [0.3, 0.4) is 0 Å². The van der Waals surface area contributed by atoms with E-state index in [4.69, 9.17) is 0 Å². The minimum atomic E-state index is -3.64. The number of benzene rings is 3. The minimum absolute atomic E-state index is 0.0988. The fraction of sp³-hybridized carbons (Fsp3) is 0.222. The van der Waals surface area contributed by atoms with Gasteiger partial charge in [-0.05, 0) is 54.8 Å². The Morgan fingerprint density at radius 3 is 2.25 bits per heavy atom. The molecule has 4 rings (SSSR count). The van der Waals surface area contributed by atoms with Gasteiger partial charge in [0.2, 0.25) is 5.91 Å². The van der Waals surface area contributed by atoms with Gasteiger partial charge in [-0.15, -0.1) is 10.2 Å². The molecule has 0 aliphatic rings. The van der Waals surface area contributed by atoms with E-state index >= 15 is 0 Å². The van der Waals surface area contributed by atoms with Gasteiger partial charge >= 0.3 is 0 Å². The quantitative estimate of drug-likeness (QED) is 0.297. The normalized spacial score (nSPS) is 11.6. The summed E-state index contributed by atoms with van der Waals surface area (Å²) in [5.74, 6) is 0.301. The van der Waals surface area contributed by atoms with Crippen LogP contribution in [0.1, 0.15) is 36.7 Å². The van der Waals surface area contributed by atoms with Crippen molar-refractivity contribution in [1.82, 2.24) is 14.8 Å². The maximum atomic E-state index is 13.1. The molecule has 0 spiro atoms. The Balaban J connectivity index is 1.53. The number of anilines is 1. The summed E-state index contributed by atoms with van der Waals surface area (Å²) >= 11 is 1.20. The highest BCUT2D eigenvalue weighted by Crippen LogP contribution is 2.25. The lowest BCUT2D eigenvalue weighted by Gasteiger charge is -2.11. The maximum absolute atomic E-state index is 13.1.